The molecule has 1 aliphatic carbocycles. The summed E-state index contributed by atoms with van der Waals surface area (Å²) in [5, 5.41) is 15.3. The van der Waals surface area contributed by atoms with E-state index in [0.29, 0.717) is 18.6 Å². The predicted octanol–water partition coefficient (Wildman–Crippen LogP) is 1.33. The lowest BCUT2D eigenvalue weighted by molar-refractivity contribution is -0.145. The summed E-state index contributed by atoms with van der Waals surface area (Å²) in [7, 11) is 0. The highest BCUT2D eigenvalue weighted by molar-refractivity contribution is 5.93. The maximum Gasteiger partial charge on any atom is 0.306 e. The monoisotopic (exact) mass is 287 g/mol. The van der Waals surface area contributed by atoms with Crippen molar-refractivity contribution < 1.29 is 19.2 Å². The third kappa shape index (κ3) is 2.76. The Bertz CT molecular complexity index is 662. The molecule has 0 aliphatic heterocycles. The molecule has 2 heterocycles. The van der Waals surface area contributed by atoms with Crippen molar-refractivity contribution in [3.63, 3.8) is 0 Å². The number of aliphatic carboxylic acids is 1. The van der Waals surface area contributed by atoms with Gasteiger partial charge in [0.15, 0.2) is 11.5 Å². The molecule has 2 aromatic heterocycles. The number of nitrogens with one attached hydrogen (secondary N) is 1. The summed E-state index contributed by atoms with van der Waals surface area (Å²) in [6, 6.07) is 4.99. The predicted molar refractivity (Wildman–Crippen MR) is 71.3 cm³/mol. The number of amides is 1. The summed E-state index contributed by atoms with van der Waals surface area (Å²) in [4.78, 5) is 26.6. The number of carboxylic acids is 1. The number of aromatic nitrogens is 2. The zero-order chi connectivity index (χ0) is 14.8. The second kappa shape index (κ2) is 5.35. The summed E-state index contributed by atoms with van der Waals surface area (Å²) in [6.07, 6.45) is 4.16. The fourth-order valence-corrected chi connectivity index (χ4v) is 2.22. The first kappa shape index (κ1) is 13.3. The van der Waals surface area contributed by atoms with Crippen LogP contribution in [0.1, 0.15) is 23.3 Å². The number of carbonyl (C=O) groups excluding carboxylic acids is 1. The second-order valence-electron chi connectivity index (χ2n) is 5.00. The molecule has 7 nitrogen and oxygen atoms in total. The van der Waals surface area contributed by atoms with Crippen LogP contribution in [0.4, 0.5) is 0 Å². The Morgan fingerprint density at radius 3 is 2.86 bits per heavy atom. The van der Waals surface area contributed by atoms with Gasteiger partial charge in [0.2, 0.25) is 0 Å². The van der Waals surface area contributed by atoms with Crippen molar-refractivity contribution >= 4 is 11.9 Å². The lowest BCUT2D eigenvalue weighted by Gasteiger charge is -2.32. The number of rotatable bonds is 4. The third-order valence-electron chi connectivity index (χ3n) is 3.51. The fraction of sp³-hybridized carbons (Fsp3) is 0.286. The van der Waals surface area contributed by atoms with Crippen molar-refractivity contribution in [1.29, 1.82) is 0 Å². The molecular formula is C14H13N3O4. The Kier molecular flexibility index (Phi) is 3.39. The zero-order valence-corrected chi connectivity index (χ0v) is 11.0. The summed E-state index contributed by atoms with van der Waals surface area (Å²) >= 11 is 0. The van der Waals surface area contributed by atoms with Gasteiger partial charge < -0.3 is 14.9 Å². The van der Waals surface area contributed by atoms with E-state index in [2.05, 4.69) is 15.5 Å². The van der Waals surface area contributed by atoms with Crippen LogP contribution in [0.5, 0.6) is 0 Å². The number of nitrogens with zero attached hydrogens (tertiary/aromatic N) is 2. The highest BCUT2D eigenvalue weighted by Gasteiger charge is 2.35. The summed E-state index contributed by atoms with van der Waals surface area (Å²) < 4.78 is 5.12. The summed E-state index contributed by atoms with van der Waals surface area (Å²) in [5.41, 5.74) is 0.909. The van der Waals surface area contributed by atoms with Crippen molar-refractivity contribution in [2.24, 2.45) is 5.92 Å². The smallest absolute Gasteiger partial charge is 0.306 e. The van der Waals surface area contributed by atoms with Crippen LogP contribution in [-0.4, -0.2) is 33.2 Å². The van der Waals surface area contributed by atoms with Crippen LogP contribution in [0.2, 0.25) is 0 Å². The van der Waals surface area contributed by atoms with Crippen LogP contribution < -0.4 is 5.32 Å². The Labute approximate surface area is 120 Å². The zero-order valence-electron chi connectivity index (χ0n) is 11.0. The molecule has 0 atom stereocenters. The second-order valence-corrected chi connectivity index (χ2v) is 5.00. The van der Waals surface area contributed by atoms with E-state index in [0.717, 1.165) is 5.56 Å². The Morgan fingerprint density at radius 2 is 2.19 bits per heavy atom. The van der Waals surface area contributed by atoms with E-state index in [1.165, 1.54) is 0 Å². The van der Waals surface area contributed by atoms with Crippen molar-refractivity contribution in [2.75, 3.05) is 0 Å². The van der Waals surface area contributed by atoms with Gasteiger partial charge in [-0.3, -0.25) is 14.6 Å². The van der Waals surface area contributed by atoms with E-state index >= 15 is 0 Å². The molecule has 1 amide bonds. The van der Waals surface area contributed by atoms with Crippen LogP contribution in [0.3, 0.4) is 0 Å². The van der Waals surface area contributed by atoms with Crippen molar-refractivity contribution in [3.8, 4) is 11.3 Å². The van der Waals surface area contributed by atoms with Gasteiger partial charge >= 0.3 is 5.97 Å². The molecule has 0 radical (unpaired) electrons. The molecule has 0 spiro atoms. The van der Waals surface area contributed by atoms with Crippen LogP contribution in [0.25, 0.3) is 11.3 Å². The minimum Gasteiger partial charge on any atom is -0.481 e. The number of pyridine rings is 1. The van der Waals surface area contributed by atoms with Crippen LogP contribution >= 0.6 is 0 Å². The SMILES string of the molecule is O=C(NC1CC(C(=O)O)C1)c1cc(-c2cccnc2)on1. The van der Waals surface area contributed by atoms with Gasteiger partial charge in [-0.2, -0.15) is 0 Å². The molecular weight excluding hydrogens is 274 g/mol. The average Bonchev–Trinajstić information content (AvgIpc) is 2.92. The Morgan fingerprint density at radius 1 is 1.38 bits per heavy atom. The van der Waals surface area contributed by atoms with Gasteiger partial charge in [0.25, 0.3) is 5.91 Å². The van der Waals surface area contributed by atoms with Gasteiger partial charge in [-0.05, 0) is 25.0 Å². The maximum absolute atomic E-state index is 12.0. The number of carbonyl (C=O) groups is 2. The van der Waals surface area contributed by atoms with Gasteiger partial charge in [0.05, 0.1) is 5.92 Å². The molecule has 1 fully saturated rings. The number of hydrogen-bond donors (Lipinski definition) is 2. The molecule has 108 valence electrons. The topological polar surface area (TPSA) is 105 Å². The minimum atomic E-state index is -0.819. The summed E-state index contributed by atoms with van der Waals surface area (Å²) in [6.45, 7) is 0. The Hall–Kier alpha value is -2.70. The van der Waals surface area contributed by atoms with E-state index in [4.69, 9.17) is 9.63 Å². The third-order valence-corrected chi connectivity index (χ3v) is 3.51. The number of carboxylic acid groups (broad SMARTS) is 1. The fourth-order valence-electron chi connectivity index (χ4n) is 2.22. The lowest BCUT2D eigenvalue weighted by Crippen LogP contribution is -2.46. The normalized spacial score (nSPS) is 20.6. The highest BCUT2D eigenvalue weighted by atomic mass is 16.5. The minimum absolute atomic E-state index is 0.114. The molecule has 7 heteroatoms. The molecule has 21 heavy (non-hydrogen) atoms. The molecule has 1 saturated carbocycles. The van der Waals surface area contributed by atoms with E-state index in [1.807, 2.05) is 0 Å². The first-order chi connectivity index (χ1) is 10.1. The molecule has 2 aromatic rings. The van der Waals surface area contributed by atoms with Crippen LogP contribution in [-0.2, 0) is 4.79 Å². The molecule has 0 saturated heterocycles. The molecule has 3 rings (SSSR count). The van der Waals surface area contributed by atoms with E-state index in [1.54, 1.807) is 30.6 Å². The van der Waals surface area contributed by atoms with Crippen molar-refractivity contribution in [3.05, 3.63) is 36.3 Å². The average molecular weight is 287 g/mol. The first-order valence-corrected chi connectivity index (χ1v) is 6.54. The van der Waals surface area contributed by atoms with Gasteiger partial charge in [-0.15, -0.1) is 0 Å². The molecule has 0 unspecified atom stereocenters. The summed E-state index contributed by atoms with van der Waals surface area (Å²) in [5.74, 6) is -1.08. The molecule has 1 aliphatic rings. The van der Waals surface area contributed by atoms with Crippen molar-refractivity contribution in [1.82, 2.24) is 15.5 Å². The molecule has 0 aromatic carbocycles. The molecule has 0 bridgehead atoms. The maximum atomic E-state index is 12.0. The standard InChI is InChI=1S/C14H13N3O4/c18-13(16-10-4-9(5-10)14(19)20)11-6-12(21-17-11)8-2-1-3-15-7-8/h1-3,6-7,9-10H,4-5H2,(H,16,18)(H,19,20). The van der Waals surface area contributed by atoms with E-state index in [9.17, 15) is 9.59 Å². The van der Waals surface area contributed by atoms with Crippen molar-refractivity contribution in [2.45, 2.75) is 18.9 Å². The largest absolute Gasteiger partial charge is 0.481 e. The van der Waals surface area contributed by atoms with Crippen LogP contribution in [0, 0.1) is 5.92 Å². The van der Waals surface area contributed by atoms with Gasteiger partial charge in [0.1, 0.15) is 0 Å². The lowest BCUT2D eigenvalue weighted by atomic mass is 9.80. The van der Waals surface area contributed by atoms with Gasteiger partial charge in [0, 0.05) is 30.1 Å². The van der Waals surface area contributed by atoms with E-state index in [-0.39, 0.29) is 23.6 Å². The first-order valence-electron chi connectivity index (χ1n) is 6.54. The van der Waals surface area contributed by atoms with E-state index < -0.39 is 5.97 Å². The van der Waals surface area contributed by atoms with Crippen LogP contribution in [0.15, 0.2) is 35.1 Å². The van der Waals surface area contributed by atoms with Gasteiger partial charge in [-0.1, -0.05) is 5.16 Å². The highest BCUT2D eigenvalue weighted by Crippen LogP contribution is 2.27. The van der Waals surface area contributed by atoms with Gasteiger partial charge in [-0.25, -0.2) is 0 Å². The molecule has 2 N–H and O–H groups in total. The number of hydrogen-bond acceptors (Lipinski definition) is 5. The quantitative estimate of drug-likeness (QED) is 0.878. The Balaban J connectivity index is 1.62.